The van der Waals surface area contributed by atoms with Crippen LogP contribution in [-0.2, 0) is 6.54 Å². The lowest BCUT2D eigenvalue weighted by Gasteiger charge is -2.30. The number of aryl methyl sites for hydroxylation is 2. The minimum Gasteiger partial charge on any atom is -0.335 e. The number of hydrogen-bond acceptors (Lipinski definition) is 1. The van der Waals surface area contributed by atoms with Gasteiger partial charge >= 0.3 is 0 Å². The summed E-state index contributed by atoms with van der Waals surface area (Å²) in [6, 6.07) is 0. The maximum absolute atomic E-state index is 4.28. The minimum atomic E-state index is 0.998. The number of aromatic nitrogens is 2. The summed E-state index contributed by atoms with van der Waals surface area (Å²) in [5.74, 6) is 3.16. The van der Waals surface area contributed by atoms with E-state index in [0.717, 1.165) is 24.2 Å². The molecule has 2 nitrogen and oxygen atoms in total. The molecule has 0 spiro atoms. The van der Waals surface area contributed by atoms with E-state index in [1.807, 2.05) is 6.20 Å². The molecular formula is C15H26N2. The van der Waals surface area contributed by atoms with Crippen molar-refractivity contribution in [3.8, 4) is 0 Å². The van der Waals surface area contributed by atoms with Crippen LogP contribution in [0.25, 0.3) is 0 Å². The molecule has 0 radical (unpaired) electrons. The molecule has 1 heterocycles. The van der Waals surface area contributed by atoms with Crippen LogP contribution in [-0.4, -0.2) is 9.55 Å². The normalized spacial score (nSPS) is 25.1. The molecule has 1 aromatic rings. The molecule has 96 valence electrons. The lowest BCUT2D eigenvalue weighted by Crippen LogP contribution is -2.19. The molecule has 0 amide bonds. The second-order valence-corrected chi connectivity index (χ2v) is 5.52. The summed E-state index contributed by atoms with van der Waals surface area (Å²) >= 11 is 0. The largest absolute Gasteiger partial charge is 0.335 e. The quantitative estimate of drug-likeness (QED) is 0.747. The minimum absolute atomic E-state index is 0.998. The monoisotopic (exact) mass is 234 g/mol. The van der Waals surface area contributed by atoms with Crippen molar-refractivity contribution in [3.63, 3.8) is 0 Å². The van der Waals surface area contributed by atoms with Gasteiger partial charge < -0.3 is 4.57 Å². The molecule has 0 N–H and O–H groups in total. The first-order chi connectivity index (χ1) is 8.31. The zero-order chi connectivity index (χ0) is 12.1. The van der Waals surface area contributed by atoms with Gasteiger partial charge in [-0.15, -0.1) is 0 Å². The molecule has 1 aliphatic rings. The Morgan fingerprint density at radius 2 is 2.06 bits per heavy atom. The van der Waals surface area contributed by atoms with Crippen LogP contribution < -0.4 is 0 Å². The highest BCUT2D eigenvalue weighted by molar-refractivity contribution is 4.88. The van der Waals surface area contributed by atoms with Gasteiger partial charge in [0.2, 0.25) is 0 Å². The summed E-state index contributed by atoms with van der Waals surface area (Å²) in [5, 5.41) is 0. The van der Waals surface area contributed by atoms with E-state index in [4.69, 9.17) is 0 Å². The van der Waals surface area contributed by atoms with Crippen molar-refractivity contribution < 1.29 is 0 Å². The Morgan fingerprint density at radius 1 is 1.29 bits per heavy atom. The summed E-state index contributed by atoms with van der Waals surface area (Å²) in [6.07, 6.45) is 14.0. The zero-order valence-corrected chi connectivity index (χ0v) is 11.4. The zero-order valence-electron chi connectivity index (χ0n) is 11.4. The summed E-state index contributed by atoms with van der Waals surface area (Å²) in [6.45, 7) is 5.61. The Bertz CT molecular complexity index is 329. The van der Waals surface area contributed by atoms with Gasteiger partial charge in [-0.25, -0.2) is 4.98 Å². The van der Waals surface area contributed by atoms with Gasteiger partial charge in [0.15, 0.2) is 0 Å². The van der Waals surface area contributed by atoms with Gasteiger partial charge in [-0.3, -0.25) is 0 Å². The van der Waals surface area contributed by atoms with E-state index in [9.17, 15) is 0 Å². The number of imidazole rings is 1. The van der Waals surface area contributed by atoms with Gasteiger partial charge in [0.25, 0.3) is 0 Å². The molecule has 0 aliphatic heterocycles. The molecular weight excluding hydrogens is 208 g/mol. The number of hydrogen-bond donors (Lipinski definition) is 0. The van der Waals surface area contributed by atoms with Crippen LogP contribution in [0.2, 0.25) is 0 Å². The van der Waals surface area contributed by atoms with Gasteiger partial charge in [0.1, 0.15) is 5.82 Å². The molecule has 17 heavy (non-hydrogen) atoms. The second-order valence-electron chi connectivity index (χ2n) is 5.52. The van der Waals surface area contributed by atoms with Crippen molar-refractivity contribution in [1.82, 2.24) is 9.55 Å². The first-order valence-corrected chi connectivity index (χ1v) is 7.29. The Kier molecular flexibility index (Phi) is 4.64. The van der Waals surface area contributed by atoms with Crippen molar-refractivity contribution in [2.24, 2.45) is 11.8 Å². The summed E-state index contributed by atoms with van der Waals surface area (Å²) in [5.41, 5.74) is 0. The second kappa shape index (κ2) is 6.23. The molecule has 1 aliphatic carbocycles. The van der Waals surface area contributed by atoms with Crippen molar-refractivity contribution in [2.45, 2.75) is 65.3 Å². The van der Waals surface area contributed by atoms with E-state index >= 15 is 0 Å². The molecule has 1 saturated carbocycles. The fourth-order valence-electron chi connectivity index (χ4n) is 3.37. The van der Waals surface area contributed by atoms with E-state index in [2.05, 4.69) is 29.6 Å². The first kappa shape index (κ1) is 12.7. The van der Waals surface area contributed by atoms with E-state index in [1.165, 1.54) is 44.9 Å². The summed E-state index contributed by atoms with van der Waals surface area (Å²) in [7, 11) is 0. The van der Waals surface area contributed by atoms with E-state index in [0.29, 0.717) is 0 Å². The van der Waals surface area contributed by atoms with Gasteiger partial charge in [0.05, 0.1) is 0 Å². The average Bonchev–Trinajstić information content (AvgIpc) is 2.76. The lowest BCUT2D eigenvalue weighted by molar-refractivity contribution is 0.211. The van der Waals surface area contributed by atoms with Gasteiger partial charge in [0, 0.05) is 18.9 Å². The van der Waals surface area contributed by atoms with Crippen LogP contribution in [0.5, 0.6) is 0 Å². The Hall–Kier alpha value is -0.790. The third kappa shape index (κ3) is 3.34. The Balaban J connectivity index is 1.75. The average molecular weight is 234 g/mol. The third-order valence-electron chi connectivity index (χ3n) is 4.49. The molecule has 2 unspecified atom stereocenters. The topological polar surface area (TPSA) is 17.8 Å². The predicted molar refractivity (Wildman–Crippen MR) is 71.9 cm³/mol. The fraction of sp³-hybridized carbons (Fsp3) is 0.800. The van der Waals surface area contributed by atoms with Crippen LogP contribution in [0.3, 0.4) is 0 Å². The molecule has 2 atom stereocenters. The highest BCUT2D eigenvalue weighted by Crippen LogP contribution is 2.35. The van der Waals surface area contributed by atoms with Crippen LogP contribution in [0.4, 0.5) is 0 Å². The van der Waals surface area contributed by atoms with Crippen molar-refractivity contribution in [1.29, 1.82) is 0 Å². The Labute approximate surface area is 105 Å². The molecule has 0 aromatic carbocycles. The van der Waals surface area contributed by atoms with Crippen molar-refractivity contribution in [3.05, 3.63) is 18.2 Å². The van der Waals surface area contributed by atoms with Crippen LogP contribution in [0.1, 0.15) is 57.7 Å². The maximum Gasteiger partial charge on any atom is 0.105 e. The predicted octanol–water partition coefficient (Wildman–Crippen LogP) is 4.19. The maximum atomic E-state index is 4.28. The molecule has 0 saturated heterocycles. The van der Waals surface area contributed by atoms with Crippen LogP contribution >= 0.6 is 0 Å². The number of rotatable bonds is 5. The molecule has 0 bridgehead atoms. The van der Waals surface area contributed by atoms with Crippen LogP contribution in [0.15, 0.2) is 12.4 Å². The Morgan fingerprint density at radius 3 is 2.71 bits per heavy atom. The van der Waals surface area contributed by atoms with E-state index in [1.54, 1.807) is 0 Å². The summed E-state index contributed by atoms with van der Waals surface area (Å²) < 4.78 is 2.28. The van der Waals surface area contributed by atoms with E-state index < -0.39 is 0 Å². The highest BCUT2D eigenvalue weighted by Gasteiger charge is 2.22. The van der Waals surface area contributed by atoms with Gasteiger partial charge in [-0.05, 0) is 31.6 Å². The lowest BCUT2D eigenvalue weighted by atomic mass is 9.76. The van der Waals surface area contributed by atoms with Gasteiger partial charge in [-0.2, -0.15) is 0 Å². The SMILES string of the molecule is CCC1CCCCC1CCCn1ccnc1C. The third-order valence-corrected chi connectivity index (χ3v) is 4.49. The smallest absolute Gasteiger partial charge is 0.105 e. The molecule has 2 heteroatoms. The number of nitrogens with zero attached hydrogens (tertiary/aromatic N) is 2. The molecule has 1 aromatic heterocycles. The fourth-order valence-corrected chi connectivity index (χ4v) is 3.37. The van der Waals surface area contributed by atoms with Crippen molar-refractivity contribution in [2.75, 3.05) is 0 Å². The summed E-state index contributed by atoms with van der Waals surface area (Å²) in [4.78, 5) is 4.28. The van der Waals surface area contributed by atoms with Crippen molar-refractivity contribution >= 4 is 0 Å². The van der Waals surface area contributed by atoms with E-state index in [-0.39, 0.29) is 0 Å². The first-order valence-electron chi connectivity index (χ1n) is 7.29. The van der Waals surface area contributed by atoms with Crippen LogP contribution in [0, 0.1) is 18.8 Å². The highest BCUT2D eigenvalue weighted by atomic mass is 15.0. The standard InChI is InChI=1S/C15H26N2/c1-3-14-7-4-5-8-15(14)9-6-11-17-12-10-16-13(17)2/h10,12,14-15H,3-9,11H2,1-2H3. The molecule has 1 fully saturated rings. The molecule has 2 rings (SSSR count). The van der Waals surface area contributed by atoms with Gasteiger partial charge in [-0.1, -0.05) is 39.0 Å².